The maximum absolute atomic E-state index is 11.8. The van der Waals surface area contributed by atoms with Gasteiger partial charge in [0.15, 0.2) is 5.13 Å². The van der Waals surface area contributed by atoms with Crippen LogP contribution >= 0.6 is 11.3 Å². The molecule has 22 heavy (non-hydrogen) atoms. The summed E-state index contributed by atoms with van der Waals surface area (Å²) in [6.45, 7) is 7.03. The van der Waals surface area contributed by atoms with Gasteiger partial charge in [-0.3, -0.25) is 10.1 Å². The Hall–Kier alpha value is -1.67. The van der Waals surface area contributed by atoms with Crippen molar-refractivity contribution in [2.75, 3.05) is 5.32 Å². The van der Waals surface area contributed by atoms with Crippen LogP contribution in [0.5, 0.6) is 0 Å². The van der Waals surface area contributed by atoms with Gasteiger partial charge < -0.3 is 15.6 Å². The lowest BCUT2D eigenvalue weighted by Gasteiger charge is -2.42. The van der Waals surface area contributed by atoms with E-state index in [9.17, 15) is 14.7 Å². The van der Waals surface area contributed by atoms with E-state index in [1.165, 1.54) is 11.3 Å². The monoisotopic (exact) mass is 327 g/mol. The molecule has 1 aromatic rings. The number of ether oxygens (including phenoxy) is 1. The van der Waals surface area contributed by atoms with E-state index in [4.69, 9.17) is 10.5 Å². The summed E-state index contributed by atoms with van der Waals surface area (Å²) in [6.07, 6.45) is 0.164. The average Bonchev–Trinajstić information content (AvgIpc) is 2.62. The SMILES string of the molecule is Cc1nc(NC(=O)OC(C)(C)C)sc1C1(C(=O)O)CC(N)C1. The number of aromatic nitrogens is 1. The van der Waals surface area contributed by atoms with E-state index in [0.717, 1.165) is 0 Å². The van der Waals surface area contributed by atoms with E-state index in [1.807, 2.05) is 0 Å². The molecule has 122 valence electrons. The van der Waals surface area contributed by atoms with Crippen molar-refractivity contribution in [2.24, 2.45) is 5.73 Å². The van der Waals surface area contributed by atoms with Gasteiger partial charge in [0.05, 0.1) is 5.69 Å². The van der Waals surface area contributed by atoms with Crippen molar-refractivity contribution in [1.82, 2.24) is 4.98 Å². The third-order valence-electron chi connectivity index (χ3n) is 3.47. The molecule has 1 fully saturated rings. The number of aliphatic carboxylic acids is 1. The first-order chi connectivity index (χ1) is 10.0. The minimum Gasteiger partial charge on any atom is -0.481 e. The van der Waals surface area contributed by atoms with Crippen molar-refractivity contribution in [2.45, 2.75) is 57.6 Å². The molecule has 0 aliphatic heterocycles. The van der Waals surface area contributed by atoms with Crippen LogP contribution in [0.3, 0.4) is 0 Å². The molecular weight excluding hydrogens is 306 g/mol. The summed E-state index contributed by atoms with van der Waals surface area (Å²) >= 11 is 1.17. The van der Waals surface area contributed by atoms with Gasteiger partial charge in [-0.25, -0.2) is 9.78 Å². The highest BCUT2D eigenvalue weighted by molar-refractivity contribution is 7.16. The van der Waals surface area contributed by atoms with Gasteiger partial charge in [-0.1, -0.05) is 0 Å². The Morgan fingerprint density at radius 3 is 2.50 bits per heavy atom. The topological polar surface area (TPSA) is 115 Å². The second-order valence-electron chi connectivity index (χ2n) is 6.62. The Morgan fingerprint density at radius 1 is 1.45 bits per heavy atom. The number of rotatable bonds is 3. The molecule has 4 N–H and O–H groups in total. The molecule has 0 spiro atoms. The van der Waals surface area contributed by atoms with Crippen molar-refractivity contribution < 1.29 is 19.4 Å². The van der Waals surface area contributed by atoms with E-state index >= 15 is 0 Å². The summed E-state index contributed by atoms with van der Waals surface area (Å²) in [5.41, 5.74) is 4.78. The molecular formula is C14H21N3O4S. The molecule has 7 nitrogen and oxygen atoms in total. The number of carboxylic acids is 1. The first kappa shape index (κ1) is 16.7. The molecule has 1 amide bonds. The summed E-state index contributed by atoms with van der Waals surface area (Å²) in [7, 11) is 0. The molecule has 0 saturated heterocycles. The smallest absolute Gasteiger partial charge is 0.413 e. The summed E-state index contributed by atoms with van der Waals surface area (Å²) in [6, 6.07) is -0.111. The van der Waals surface area contributed by atoms with E-state index in [0.29, 0.717) is 28.5 Å². The first-order valence-corrected chi connectivity index (χ1v) is 7.82. The molecule has 0 radical (unpaired) electrons. The molecule has 1 aliphatic rings. The first-order valence-electron chi connectivity index (χ1n) is 7.00. The highest BCUT2D eigenvalue weighted by atomic mass is 32.1. The van der Waals surface area contributed by atoms with E-state index in [2.05, 4.69) is 10.3 Å². The molecule has 1 aromatic heterocycles. The molecule has 0 atom stereocenters. The van der Waals surface area contributed by atoms with Gasteiger partial charge in [0.2, 0.25) is 0 Å². The number of amides is 1. The Morgan fingerprint density at radius 2 is 2.05 bits per heavy atom. The van der Waals surface area contributed by atoms with Crippen molar-refractivity contribution >= 4 is 28.5 Å². The lowest BCUT2D eigenvalue weighted by atomic mass is 9.64. The number of nitrogens with two attached hydrogens (primary N) is 1. The molecule has 0 aromatic carbocycles. The van der Waals surface area contributed by atoms with Crippen LogP contribution in [0.2, 0.25) is 0 Å². The predicted octanol–water partition coefficient (Wildman–Crippen LogP) is 2.24. The number of nitrogens with zero attached hydrogens (tertiary/aromatic N) is 1. The number of thiazole rings is 1. The maximum Gasteiger partial charge on any atom is 0.413 e. The largest absolute Gasteiger partial charge is 0.481 e. The normalized spacial score (nSPS) is 24.5. The van der Waals surface area contributed by atoms with Gasteiger partial charge in [-0.2, -0.15) is 0 Å². The fourth-order valence-corrected chi connectivity index (χ4v) is 3.73. The van der Waals surface area contributed by atoms with Crippen LogP contribution in [-0.2, 0) is 14.9 Å². The fraction of sp³-hybridized carbons (Fsp3) is 0.643. The van der Waals surface area contributed by atoms with E-state index in [-0.39, 0.29) is 6.04 Å². The number of aryl methyl sites for hydroxylation is 1. The fourth-order valence-electron chi connectivity index (χ4n) is 2.58. The summed E-state index contributed by atoms with van der Waals surface area (Å²) in [5, 5.41) is 12.4. The van der Waals surface area contributed by atoms with Crippen molar-refractivity contribution in [1.29, 1.82) is 0 Å². The second kappa shape index (κ2) is 5.51. The molecule has 2 rings (SSSR count). The summed E-state index contributed by atoms with van der Waals surface area (Å²) in [4.78, 5) is 28.3. The molecule has 1 aliphatic carbocycles. The maximum atomic E-state index is 11.8. The molecule has 0 unspecified atom stereocenters. The lowest BCUT2D eigenvalue weighted by Crippen LogP contribution is -2.54. The lowest BCUT2D eigenvalue weighted by molar-refractivity contribution is -0.148. The zero-order valence-electron chi connectivity index (χ0n) is 13.1. The van der Waals surface area contributed by atoms with Crippen molar-refractivity contribution in [3.8, 4) is 0 Å². The number of hydrogen-bond acceptors (Lipinski definition) is 6. The molecule has 1 saturated carbocycles. The number of hydrogen-bond donors (Lipinski definition) is 3. The van der Waals surface area contributed by atoms with E-state index < -0.39 is 23.1 Å². The van der Waals surface area contributed by atoms with Gasteiger partial charge in [-0.05, 0) is 40.5 Å². The molecule has 8 heteroatoms. The number of carbonyl (C=O) groups is 2. The Balaban J connectivity index is 2.18. The quantitative estimate of drug-likeness (QED) is 0.784. The highest BCUT2D eigenvalue weighted by Crippen LogP contribution is 2.47. The number of carboxylic acid groups (broad SMARTS) is 1. The van der Waals surface area contributed by atoms with Crippen LogP contribution in [0.4, 0.5) is 9.93 Å². The summed E-state index contributed by atoms with van der Waals surface area (Å²) in [5.74, 6) is -0.898. The molecule has 1 heterocycles. The van der Waals surface area contributed by atoms with Crippen LogP contribution in [0.1, 0.15) is 44.2 Å². The standard InChI is InChI=1S/C14H21N3O4S/c1-7-9(14(10(18)19)5-8(15)6-14)22-11(16-7)17-12(20)21-13(2,3)4/h8H,5-6,15H2,1-4H3,(H,18,19)(H,16,17,20). The van der Waals surface area contributed by atoms with Crippen LogP contribution in [-0.4, -0.2) is 33.8 Å². The summed E-state index contributed by atoms with van der Waals surface area (Å²) < 4.78 is 5.16. The zero-order valence-corrected chi connectivity index (χ0v) is 13.9. The van der Waals surface area contributed by atoms with Gasteiger partial charge in [0.25, 0.3) is 0 Å². The average molecular weight is 327 g/mol. The van der Waals surface area contributed by atoms with Gasteiger partial charge >= 0.3 is 12.1 Å². The van der Waals surface area contributed by atoms with E-state index in [1.54, 1.807) is 27.7 Å². The third kappa shape index (κ3) is 3.22. The second-order valence-corrected chi connectivity index (χ2v) is 7.62. The number of anilines is 1. The Bertz CT molecular complexity index is 600. The van der Waals surface area contributed by atoms with Crippen molar-refractivity contribution in [3.63, 3.8) is 0 Å². The van der Waals surface area contributed by atoms with Crippen LogP contribution in [0.25, 0.3) is 0 Å². The van der Waals surface area contributed by atoms with Crippen molar-refractivity contribution in [3.05, 3.63) is 10.6 Å². The van der Waals surface area contributed by atoms with Crippen LogP contribution < -0.4 is 11.1 Å². The minimum absolute atomic E-state index is 0.111. The minimum atomic E-state index is -0.977. The van der Waals surface area contributed by atoms with Gasteiger partial charge in [0, 0.05) is 10.9 Å². The molecule has 0 bridgehead atoms. The number of nitrogens with one attached hydrogen (secondary N) is 1. The highest BCUT2D eigenvalue weighted by Gasteiger charge is 2.52. The predicted molar refractivity (Wildman–Crippen MR) is 83.2 cm³/mol. The number of carbonyl (C=O) groups excluding carboxylic acids is 1. The van der Waals surface area contributed by atoms with Gasteiger partial charge in [0.1, 0.15) is 11.0 Å². The van der Waals surface area contributed by atoms with Crippen LogP contribution in [0.15, 0.2) is 0 Å². The van der Waals surface area contributed by atoms with Crippen LogP contribution in [0, 0.1) is 6.92 Å². The zero-order chi connectivity index (χ0) is 16.7. The Kier molecular flexibility index (Phi) is 4.18. The van der Waals surface area contributed by atoms with Gasteiger partial charge in [-0.15, -0.1) is 11.3 Å². The third-order valence-corrected chi connectivity index (χ3v) is 4.75. The Labute approximate surface area is 132 Å².